The number of likely N-dealkylation sites (tertiary alicyclic amines) is 1. The van der Waals surface area contributed by atoms with Gasteiger partial charge in [0, 0.05) is 6.04 Å². The van der Waals surface area contributed by atoms with Gasteiger partial charge in [-0.2, -0.15) is 0 Å². The molecule has 1 unspecified atom stereocenters. The lowest BCUT2D eigenvalue weighted by atomic mass is 9.97. The van der Waals surface area contributed by atoms with Crippen molar-refractivity contribution in [3.63, 3.8) is 0 Å². The molecule has 0 saturated carbocycles. The van der Waals surface area contributed by atoms with Gasteiger partial charge in [-0.05, 0) is 46.2 Å². The van der Waals surface area contributed by atoms with Gasteiger partial charge in [0.25, 0.3) is 0 Å². The van der Waals surface area contributed by atoms with Crippen LogP contribution in [0.5, 0.6) is 0 Å². The fraction of sp³-hybridized carbons (Fsp3) is 0.857. The molecule has 1 fully saturated rings. The summed E-state index contributed by atoms with van der Waals surface area (Å²) in [7, 11) is 0. The minimum atomic E-state index is -0.0915. The van der Waals surface area contributed by atoms with Crippen LogP contribution in [0.3, 0.4) is 0 Å². The maximum atomic E-state index is 11.8. The summed E-state index contributed by atoms with van der Waals surface area (Å²) in [5.41, 5.74) is 0. The normalized spacial score (nSPS) is 18.9. The molecule has 1 saturated heterocycles. The number of hydrogen-bond acceptors (Lipinski definition) is 4. The van der Waals surface area contributed by atoms with Gasteiger partial charge in [0.05, 0.1) is 19.1 Å². The van der Waals surface area contributed by atoms with Crippen LogP contribution in [0.1, 0.15) is 40.0 Å². The molecule has 0 aromatic carbocycles. The Bertz CT molecular complexity index is 299. The maximum Gasteiger partial charge on any atom is 0.309 e. The minimum Gasteiger partial charge on any atom is -0.466 e. The third-order valence-electron chi connectivity index (χ3n) is 3.59. The van der Waals surface area contributed by atoms with E-state index in [-0.39, 0.29) is 23.8 Å². The van der Waals surface area contributed by atoms with Crippen LogP contribution in [0.4, 0.5) is 0 Å². The summed E-state index contributed by atoms with van der Waals surface area (Å²) < 4.78 is 5.03. The molecule has 1 aliphatic rings. The average molecular weight is 270 g/mol. The van der Waals surface area contributed by atoms with E-state index in [1.807, 2.05) is 13.8 Å². The van der Waals surface area contributed by atoms with Crippen molar-refractivity contribution in [3.05, 3.63) is 0 Å². The Balaban J connectivity index is 2.26. The molecule has 1 amide bonds. The third-order valence-corrected chi connectivity index (χ3v) is 3.59. The van der Waals surface area contributed by atoms with Crippen molar-refractivity contribution >= 4 is 11.9 Å². The van der Waals surface area contributed by atoms with Gasteiger partial charge in [-0.15, -0.1) is 0 Å². The van der Waals surface area contributed by atoms with Crippen LogP contribution >= 0.6 is 0 Å². The van der Waals surface area contributed by atoms with Gasteiger partial charge in [-0.3, -0.25) is 14.5 Å². The van der Waals surface area contributed by atoms with Crippen molar-refractivity contribution in [1.29, 1.82) is 0 Å². The Labute approximate surface area is 115 Å². The molecule has 0 bridgehead atoms. The highest BCUT2D eigenvalue weighted by molar-refractivity contribution is 5.78. The summed E-state index contributed by atoms with van der Waals surface area (Å²) in [6, 6.07) is 0.226. The van der Waals surface area contributed by atoms with Gasteiger partial charge in [-0.1, -0.05) is 6.92 Å². The third kappa shape index (κ3) is 5.59. The molecule has 0 aliphatic carbocycles. The van der Waals surface area contributed by atoms with E-state index in [4.69, 9.17) is 4.74 Å². The standard InChI is InChI=1S/C14H26N2O3/c1-4-11(3)15-13(17)10-16-8-6-12(7-9-16)14(18)19-5-2/h11-12H,4-10H2,1-3H3,(H,15,17). The number of carbonyl (C=O) groups is 2. The number of rotatable bonds is 6. The fourth-order valence-corrected chi connectivity index (χ4v) is 2.21. The van der Waals surface area contributed by atoms with Gasteiger partial charge in [0.1, 0.15) is 0 Å². The zero-order chi connectivity index (χ0) is 14.3. The lowest BCUT2D eigenvalue weighted by Gasteiger charge is -2.30. The highest BCUT2D eigenvalue weighted by Crippen LogP contribution is 2.18. The predicted molar refractivity (Wildman–Crippen MR) is 73.7 cm³/mol. The van der Waals surface area contributed by atoms with Crippen molar-refractivity contribution in [2.45, 2.75) is 46.1 Å². The number of ether oxygens (including phenoxy) is 1. The number of carbonyl (C=O) groups excluding carboxylic acids is 2. The smallest absolute Gasteiger partial charge is 0.309 e. The van der Waals surface area contributed by atoms with Gasteiger partial charge in [-0.25, -0.2) is 0 Å². The van der Waals surface area contributed by atoms with Crippen LogP contribution in [0.15, 0.2) is 0 Å². The summed E-state index contributed by atoms with van der Waals surface area (Å²) in [5, 5.41) is 2.96. The number of nitrogens with one attached hydrogen (secondary N) is 1. The van der Waals surface area contributed by atoms with Crippen molar-refractivity contribution in [2.24, 2.45) is 5.92 Å². The van der Waals surface area contributed by atoms with Crippen LogP contribution in [0.2, 0.25) is 0 Å². The van der Waals surface area contributed by atoms with E-state index in [2.05, 4.69) is 17.1 Å². The van der Waals surface area contributed by atoms with E-state index >= 15 is 0 Å². The van der Waals surface area contributed by atoms with E-state index in [1.165, 1.54) is 0 Å². The maximum absolute atomic E-state index is 11.8. The molecule has 1 rings (SSSR count). The molecule has 0 radical (unpaired) electrons. The molecule has 1 aliphatic heterocycles. The fourth-order valence-electron chi connectivity index (χ4n) is 2.21. The topological polar surface area (TPSA) is 58.6 Å². The first-order chi connectivity index (χ1) is 9.06. The second-order valence-electron chi connectivity index (χ2n) is 5.18. The molecular weight excluding hydrogens is 244 g/mol. The monoisotopic (exact) mass is 270 g/mol. The van der Waals surface area contributed by atoms with E-state index in [9.17, 15) is 9.59 Å². The molecule has 5 nitrogen and oxygen atoms in total. The highest BCUT2D eigenvalue weighted by Gasteiger charge is 2.26. The van der Waals surface area contributed by atoms with Crippen molar-refractivity contribution in [1.82, 2.24) is 10.2 Å². The predicted octanol–water partition coefficient (Wildman–Crippen LogP) is 1.18. The molecule has 1 atom stereocenters. The summed E-state index contributed by atoms with van der Waals surface area (Å²) in [4.78, 5) is 25.4. The Morgan fingerprint density at radius 2 is 1.95 bits per heavy atom. The second kappa shape index (κ2) is 8.15. The molecule has 0 spiro atoms. The summed E-state index contributed by atoms with van der Waals surface area (Å²) in [5.74, 6) is -0.0102. The zero-order valence-corrected chi connectivity index (χ0v) is 12.3. The average Bonchev–Trinajstić information content (AvgIpc) is 2.39. The van der Waals surface area contributed by atoms with Crippen LogP contribution < -0.4 is 5.32 Å². The second-order valence-corrected chi connectivity index (χ2v) is 5.18. The Morgan fingerprint density at radius 3 is 2.47 bits per heavy atom. The van der Waals surface area contributed by atoms with Crippen molar-refractivity contribution in [3.8, 4) is 0 Å². The molecule has 0 aromatic heterocycles. The van der Waals surface area contributed by atoms with Crippen LogP contribution in [-0.4, -0.2) is 49.1 Å². The molecule has 19 heavy (non-hydrogen) atoms. The SMILES string of the molecule is CCOC(=O)C1CCN(CC(=O)NC(C)CC)CC1. The van der Waals surface area contributed by atoms with Crippen molar-refractivity contribution in [2.75, 3.05) is 26.2 Å². The minimum absolute atomic E-state index is 0.00817. The highest BCUT2D eigenvalue weighted by atomic mass is 16.5. The largest absolute Gasteiger partial charge is 0.466 e. The van der Waals surface area contributed by atoms with Crippen LogP contribution in [-0.2, 0) is 14.3 Å². The molecule has 0 aromatic rings. The molecule has 5 heteroatoms. The van der Waals surface area contributed by atoms with Gasteiger partial charge in [0.15, 0.2) is 0 Å². The van der Waals surface area contributed by atoms with E-state index < -0.39 is 0 Å². The number of esters is 1. The molecule has 110 valence electrons. The van der Waals surface area contributed by atoms with Gasteiger partial charge >= 0.3 is 5.97 Å². The Hall–Kier alpha value is -1.10. The summed E-state index contributed by atoms with van der Waals surface area (Å²) in [6.45, 7) is 8.33. The van der Waals surface area contributed by atoms with E-state index in [0.717, 1.165) is 32.4 Å². The zero-order valence-electron chi connectivity index (χ0n) is 12.3. The van der Waals surface area contributed by atoms with Crippen LogP contribution in [0.25, 0.3) is 0 Å². The van der Waals surface area contributed by atoms with Gasteiger partial charge < -0.3 is 10.1 Å². The van der Waals surface area contributed by atoms with E-state index in [1.54, 1.807) is 0 Å². The number of amides is 1. The molecule has 1 N–H and O–H groups in total. The number of piperidine rings is 1. The first kappa shape index (κ1) is 16.0. The van der Waals surface area contributed by atoms with E-state index in [0.29, 0.717) is 13.2 Å². The number of nitrogens with zero attached hydrogens (tertiary/aromatic N) is 1. The van der Waals surface area contributed by atoms with Crippen molar-refractivity contribution < 1.29 is 14.3 Å². The Morgan fingerprint density at radius 1 is 1.32 bits per heavy atom. The van der Waals surface area contributed by atoms with Crippen LogP contribution in [0, 0.1) is 5.92 Å². The van der Waals surface area contributed by atoms with Gasteiger partial charge in [0.2, 0.25) is 5.91 Å². The first-order valence-corrected chi connectivity index (χ1v) is 7.25. The number of hydrogen-bond donors (Lipinski definition) is 1. The molecular formula is C14H26N2O3. The first-order valence-electron chi connectivity index (χ1n) is 7.25. The lowest BCUT2D eigenvalue weighted by molar-refractivity contribution is -0.149. The molecule has 1 heterocycles. The Kier molecular flexibility index (Phi) is 6.84. The summed E-state index contributed by atoms with van der Waals surface area (Å²) >= 11 is 0. The quantitative estimate of drug-likeness (QED) is 0.736. The lowest BCUT2D eigenvalue weighted by Crippen LogP contribution is -2.44. The summed E-state index contributed by atoms with van der Waals surface area (Å²) in [6.07, 6.45) is 2.52.